The molecule has 1 aliphatic rings. The van der Waals surface area contributed by atoms with Gasteiger partial charge in [-0.25, -0.2) is 0 Å². The molecule has 2 heteroatoms. The Balaban J connectivity index is 1.91. The zero-order chi connectivity index (χ0) is 13.7. The van der Waals surface area contributed by atoms with Crippen molar-refractivity contribution in [3.05, 3.63) is 35.9 Å². The summed E-state index contributed by atoms with van der Waals surface area (Å²) in [6.07, 6.45) is 4.30. The Morgan fingerprint density at radius 3 is 2.58 bits per heavy atom. The Labute approximate surface area is 117 Å². The number of hydrogen-bond donors (Lipinski definition) is 2. The molecule has 1 saturated carbocycles. The van der Waals surface area contributed by atoms with Gasteiger partial charge < -0.3 is 10.4 Å². The summed E-state index contributed by atoms with van der Waals surface area (Å²) in [5.41, 5.74) is 1.37. The lowest BCUT2D eigenvalue weighted by molar-refractivity contribution is 0.0989. The van der Waals surface area contributed by atoms with Gasteiger partial charge in [-0.3, -0.25) is 0 Å². The highest BCUT2D eigenvalue weighted by atomic mass is 16.3. The van der Waals surface area contributed by atoms with Gasteiger partial charge in [0.25, 0.3) is 0 Å². The van der Waals surface area contributed by atoms with Gasteiger partial charge >= 0.3 is 0 Å². The zero-order valence-electron chi connectivity index (χ0n) is 12.2. The first-order chi connectivity index (χ1) is 9.16. The molecule has 19 heavy (non-hydrogen) atoms. The third kappa shape index (κ3) is 4.32. The molecular weight excluding hydrogens is 234 g/mol. The van der Waals surface area contributed by atoms with E-state index >= 15 is 0 Å². The molecule has 1 fully saturated rings. The van der Waals surface area contributed by atoms with Crippen LogP contribution in [0.3, 0.4) is 0 Å². The quantitative estimate of drug-likeness (QED) is 0.850. The molecule has 0 radical (unpaired) electrons. The van der Waals surface area contributed by atoms with Crippen molar-refractivity contribution in [3.63, 3.8) is 0 Å². The minimum absolute atomic E-state index is 0.0743. The molecule has 3 atom stereocenters. The Morgan fingerprint density at radius 1 is 1.21 bits per heavy atom. The molecule has 2 nitrogen and oxygen atoms in total. The fourth-order valence-electron chi connectivity index (χ4n) is 3.14. The molecule has 106 valence electrons. The van der Waals surface area contributed by atoms with Crippen LogP contribution in [0.15, 0.2) is 30.3 Å². The van der Waals surface area contributed by atoms with Gasteiger partial charge in [-0.2, -0.15) is 0 Å². The predicted molar refractivity (Wildman–Crippen MR) is 80.0 cm³/mol. The van der Waals surface area contributed by atoms with Crippen LogP contribution in [0, 0.1) is 11.8 Å². The van der Waals surface area contributed by atoms with E-state index in [0.717, 1.165) is 19.4 Å². The number of benzene rings is 1. The van der Waals surface area contributed by atoms with Gasteiger partial charge in [-0.15, -0.1) is 0 Å². The maximum atomic E-state index is 9.74. The van der Waals surface area contributed by atoms with Gasteiger partial charge in [0.05, 0.1) is 6.10 Å². The lowest BCUT2D eigenvalue weighted by Crippen LogP contribution is -2.33. The van der Waals surface area contributed by atoms with Gasteiger partial charge in [0.1, 0.15) is 0 Å². The van der Waals surface area contributed by atoms with E-state index in [9.17, 15) is 5.11 Å². The highest BCUT2D eigenvalue weighted by molar-refractivity contribution is 5.19. The fourth-order valence-corrected chi connectivity index (χ4v) is 3.14. The normalized spacial score (nSPS) is 25.5. The smallest absolute Gasteiger partial charge is 0.0543 e. The monoisotopic (exact) mass is 261 g/mol. The second-order valence-corrected chi connectivity index (χ2v) is 6.23. The molecule has 0 heterocycles. The maximum Gasteiger partial charge on any atom is 0.0543 e. The number of rotatable bonds is 5. The van der Waals surface area contributed by atoms with Gasteiger partial charge in [-0.1, -0.05) is 50.6 Å². The van der Waals surface area contributed by atoms with E-state index in [2.05, 4.69) is 49.5 Å². The Hall–Kier alpha value is -0.860. The largest absolute Gasteiger partial charge is 0.393 e. The van der Waals surface area contributed by atoms with Crippen molar-refractivity contribution in [3.8, 4) is 0 Å². The van der Waals surface area contributed by atoms with Crippen LogP contribution >= 0.6 is 0 Å². The molecule has 0 saturated heterocycles. The molecule has 2 N–H and O–H groups in total. The van der Waals surface area contributed by atoms with Crippen LogP contribution in [0.4, 0.5) is 0 Å². The predicted octanol–water partition coefficient (Wildman–Crippen LogP) is 3.52. The molecule has 0 aliphatic heterocycles. The summed E-state index contributed by atoms with van der Waals surface area (Å²) in [5.74, 6) is 1.21. The SMILES string of the molecule is CC(C)C(NCC1CCCC(O)C1)c1ccccc1. The van der Waals surface area contributed by atoms with Crippen LogP contribution in [0.2, 0.25) is 0 Å². The highest BCUT2D eigenvalue weighted by Crippen LogP contribution is 2.26. The number of nitrogens with one attached hydrogen (secondary N) is 1. The van der Waals surface area contributed by atoms with E-state index in [4.69, 9.17) is 0 Å². The number of hydrogen-bond acceptors (Lipinski definition) is 2. The molecule has 2 rings (SSSR count). The molecule has 1 aliphatic carbocycles. The Kier molecular flexibility index (Phi) is 5.41. The third-order valence-corrected chi connectivity index (χ3v) is 4.21. The van der Waals surface area contributed by atoms with Crippen molar-refractivity contribution in [1.29, 1.82) is 0 Å². The first-order valence-electron chi connectivity index (χ1n) is 7.63. The second-order valence-electron chi connectivity index (χ2n) is 6.23. The van der Waals surface area contributed by atoms with Gasteiger partial charge in [0, 0.05) is 6.04 Å². The summed E-state index contributed by atoms with van der Waals surface area (Å²) in [4.78, 5) is 0. The summed E-state index contributed by atoms with van der Waals surface area (Å²) in [6, 6.07) is 11.1. The van der Waals surface area contributed by atoms with Crippen LogP contribution in [0.1, 0.15) is 51.1 Å². The molecular formula is C17H27NO. The van der Waals surface area contributed by atoms with E-state index in [1.165, 1.54) is 18.4 Å². The highest BCUT2D eigenvalue weighted by Gasteiger charge is 2.22. The molecule has 0 bridgehead atoms. The second kappa shape index (κ2) is 7.06. The lowest BCUT2D eigenvalue weighted by atomic mass is 9.86. The standard InChI is InChI=1S/C17H27NO/c1-13(2)17(15-8-4-3-5-9-15)18-12-14-7-6-10-16(19)11-14/h3-5,8-9,13-14,16-19H,6-7,10-12H2,1-2H3. The van der Waals surface area contributed by atoms with Gasteiger partial charge in [-0.05, 0) is 43.2 Å². The minimum Gasteiger partial charge on any atom is -0.393 e. The fraction of sp³-hybridized carbons (Fsp3) is 0.647. The van der Waals surface area contributed by atoms with Crippen LogP contribution in [0.5, 0.6) is 0 Å². The van der Waals surface area contributed by atoms with Crippen molar-refractivity contribution in [2.75, 3.05) is 6.54 Å². The zero-order valence-corrected chi connectivity index (χ0v) is 12.2. The van der Waals surface area contributed by atoms with Crippen LogP contribution in [0.25, 0.3) is 0 Å². The van der Waals surface area contributed by atoms with E-state index < -0.39 is 0 Å². The maximum absolute atomic E-state index is 9.74. The van der Waals surface area contributed by atoms with Gasteiger partial charge in [0.2, 0.25) is 0 Å². The minimum atomic E-state index is -0.0743. The van der Waals surface area contributed by atoms with E-state index in [1.807, 2.05) is 0 Å². The Morgan fingerprint density at radius 2 is 1.95 bits per heavy atom. The van der Waals surface area contributed by atoms with E-state index in [-0.39, 0.29) is 6.10 Å². The molecule has 0 spiro atoms. The number of aliphatic hydroxyl groups excluding tert-OH is 1. The van der Waals surface area contributed by atoms with E-state index in [0.29, 0.717) is 17.9 Å². The molecule has 0 aromatic heterocycles. The molecule has 1 aromatic carbocycles. The van der Waals surface area contributed by atoms with E-state index in [1.54, 1.807) is 0 Å². The van der Waals surface area contributed by atoms with Crippen molar-refractivity contribution < 1.29 is 5.11 Å². The van der Waals surface area contributed by atoms with Gasteiger partial charge in [0.15, 0.2) is 0 Å². The lowest BCUT2D eigenvalue weighted by Gasteiger charge is -2.30. The van der Waals surface area contributed by atoms with Crippen LogP contribution in [-0.2, 0) is 0 Å². The summed E-state index contributed by atoms with van der Waals surface area (Å²) < 4.78 is 0. The third-order valence-electron chi connectivity index (χ3n) is 4.21. The number of aliphatic hydroxyl groups is 1. The van der Waals surface area contributed by atoms with Crippen molar-refractivity contribution in [1.82, 2.24) is 5.32 Å². The Bertz CT molecular complexity index is 363. The van der Waals surface area contributed by atoms with Crippen molar-refractivity contribution in [2.45, 2.75) is 51.7 Å². The summed E-state index contributed by atoms with van der Waals surface area (Å²) in [6.45, 7) is 5.55. The summed E-state index contributed by atoms with van der Waals surface area (Å²) in [5, 5.41) is 13.5. The van der Waals surface area contributed by atoms with Crippen LogP contribution < -0.4 is 5.32 Å². The topological polar surface area (TPSA) is 32.3 Å². The van der Waals surface area contributed by atoms with Crippen molar-refractivity contribution in [2.24, 2.45) is 11.8 Å². The summed E-state index contributed by atoms with van der Waals surface area (Å²) >= 11 is 0. The molecule has 0 amide bonds. The van der Waals surface area contributed by atoms with Crippen molar-refractivity contribution >= 4 is 0 Å². The first kappa shape index (κ1) is 14.5. The molecule has 1 aromatic rings. The molecule has 3 unspecified atom stereocenters. The summed E-state index contributed by atoms with van der Waals surface area (Å²) in [7, 11) is 0. The van der Waals surface area contributed by atoms with Crippen LogP contribution in [-0.4, -0.2) is 17.8 Å². The average Bonchev–Trinajstić information content (AvgIpc) is 2.40. The average molecular weight is 261 g/mol. The first-order valence-corrected chi connectivity index (χ1v) is 7.63.